The molecule has 144 valence electrons. The van der Waals surface area contributed by atoms with Gasteiger partial charge in [-0.25, -0.2) is 0 Å². The predicted molar refractivity (Wildman–Crippen MR) is 110 cm³/mol. The third-order valence-electron chi connectivity index (χ3n) is 4.33. The summed E-state index contributed by atoms with van der Waals surface area (Å²) in [4.78, 5) is 12.5. The van der Waals surface area contributed by atoms with Crippen LogP contribution in [0.5, 0.6) is 11.5 Å². The van der Waals surface area contributed by atoms with Crippen LogP contribution < -0.4 is 10.1 Å². The van der Waals surface area contributed by atoms with E-state index in [9.17, 15) is 4.79 Å². The highest BCUT2D eigenvalue weighted by atomic mass is 35.5. The number of nitrogens with zero attached hydrogens (tertiary/aromatic N) is 3. The van der Waals surface area contributed by atoms with Crippen LogP contribution in [-0.4, -0.2) is 26.4 Å². The van der Waals surface area contributed by atoms with E-state index in [0.29, 0.717) is 28.1 Å². The minimum absolute atomic E-state index is 0.166. The molecule has 8 heteroatoms. The Labute approximate surface area is 172 Å². The van der Waals surface area contributed by atoms with Gasteiger partial charge < -0.3 is 14.6 Å². The number of carbonyl (C=O) groups excluding carboxylic acids is 1. The van der Waals surface area contributed by atoms with Crippen molar-refractivity contribution in [2.45, 2.75) is 23.9 Å². The second kappa shape index (κ2) is 8.24. The molecule has 1 saturated carbocycles. The zero-order valence-corrected chi connectivity index (χ0v) is 16.8. The Morgan fingerprint density at radius 2 is 2.04 bits per heavy atom. The van der Waals surface area contributed by atoms with E-state index in [0.717, 1.165) is 23.8 Å². The predicted octanol–water partition coefficient (Wildman–Crippen LogP) is 4.87. The topological polar surface area (TPSA) is 69.0 Å². The number of ether oxygens (including phenoxy) is 1. The van der Waals surface area contributed by atoms with Crippen molar-refractivity contribution in [2.24, 2.45) is 7.05 Å². The van der Waals surface area contributed by atoms with Crippen molar-refractivity contribution in [3.63, 3.8) is 0 Å². The standard InChI is InChI=1S/C20H19ClN4O2S/c1-25-19(13-7-8-13)23-24-20(25)28-12-18(26)22-16-11-14(21)9-10-17(16)27-15-5-3-2-4-6-15/h2-6,9-11,13H,7-8,12H2,1H3,(H,22,26). The molecule has 2 aromatic carbocycles. The van der Waals surface area contributed by atoms with Gasteiger partial charge in [0.25, 0.3) is 0 Å². The molecule has 1 amide bonds. The van der Waals surface area contributed by atoms with Gasteiger partial charge in [0, 0.05) is 18.0 Å². The number of hydrogen-bond donors (Lipinski definition) is 1. The molecule has 0 atom stereocenters. The fourth-order valence-electron chi connectivity index (χ4n) is 2.77. The average Bonchev–Trinajstić information content (AvgIpc) is 3.46. The SMILES string of the molecule is Cn1c(SCC(=O)Nc2cc(Cl)ccc2Oc2ccccc2)nnc1C1CC1. The zero-order valence-electron chi connectivity index (χ0n) is 15.3. The van der Waals surface area contributed by atoms with E-state index in [4.69, 9.17) is 16.3 Å². The summed E-state index contributed by atoms with van der Waals surface area (Å²) in [7, 11) is 1.94. The highest BCUT2D eigenvalue weighted by Gasteiger charge is 2.29. The van der Waals surface area contributed by atoms with Crippen LogP contribution in [0.2, 0.25) is 5.02 Å². The van der Waals surface area contributed by atoms with Gasteiger partial charge in [-0.15, -0.1) is 10.2 Å². The lowest BCUT2D eigenvalue weighted by Gasteiger charge is -2.12. The Kier molecular flexibility index (Phi) is 5.54. The molecular formula is C20H19ClN4O2S. The highest BCUT2D eigenvalue weighted by molar-refractivity contribution is 7.99. The van der Waals surface area contributed by atoms with Gasteiger partial charge in [-0.3, -0.25) is 4.79 Å². The summed E-state index contributed by atoms with van der Waals surface area (Å²) < 4.78 is 7.85. The molecule has 1 aliphatic rings. The van der Waals surface area contributed by atoms with Crippen LogP contribution in [0.25, 0.3) is 0 Å². The third kappa shape index (κ3) is 4.48. The molecule has 0 bridgehead atoms. The second-order valence-electron chi connectivity index (χ2n) is 6.57. The van der Waals surface area contributed by atoms with E-state index in [1.165, 1.54) is 11.8 Å². The van der Waals surface area contributed by atoms with Gasteiger partial charge in [-0.05, 0) is 43.2 Å². The summed E-state index contributed by atoms with van der Waals surface area (Å²) in [5, 5.41) is 12.6. The van der Waals surface area contributed by atoms with Crippen molar-refractivity contribution in [3.8, 4) is 11.5 Å². The monoisotopic (exact) mass is 414 g/mol. The highest BCUT2D eigenvalue weighted by Crippen LogP contribution is 2.39. The molecule has 28 heavy (non-hydrogen) atoms. The maximum atomic E-state index is 12.5. The Bertz CT molecular complexity index is 989. The Morgan fingerprint density at radius 1 is 1.25 bits per heavy atom. The van der Waals surface area contributed by atoms with E-state index in [1.807, 2.05) is 41.9 Å². The number of aromatic nitrogens is 3. The number of para-hydroxylation sites is 1. The summed E-state index contributed by atoms with van der Waals surface area (Å²) in [6, 6.07) is 14.5. The van der Waals surface area contributed by atoms with E-state index in [1.54, 1.807) is 18.2 Å². The van der Waals surface area contributed by atoms with E-state index in [2.05, 4.69) is 15.5 Å². The number of thioether (sulfide) groups is 1. The Balaban J connectivity index is 1.41. The van der Waals surface area contributed by atoms with Crippen LogP contribution in [0.15, 0.2) is 53.7 Å². The lowest BCUT2D eigenvalue weighted by Crippen LogP contribution is -2.15. The van der Waals surface area contributed by atoms with Crippen LogP contribution >= 0.6 is 23.4 Å². The van der Waals surface area contributed by atoms with E-state index >= 15 is 0 Å². The first-order valence-corrected chi connectivity index (χ1v) is 10.3. The van der Waals surface area contributed by atoms with Crippen molar-refractivity contribution in [1.82, 2.24) is 14.8 Å². The zero-order chi connectivity index (χ0) is 19.5. The van der Waals surface area contributed by atoms with Gasteiger partial charge >= 0.3 is 0 Å². The number of anilines is 1. The van der Waals surface area contributed by atoms with Crippen LogP contribution in [0.1, 0.15) is 24.6 Å². The molecule has 0 radical (unpaired) electrons. The van der Waals surface area contributed by atoms with Gasteiger partial charge in [0.1, 0.15) is 11.6 Å². The lowest BCUT2D eigenvalue weighted by atomic mass is 10.3. The van der Waals surface area contributed by atoms with E-state index in [-0.39, 0.29) is 11.7 Å². The molecule has 3 aromatic rings. The average molecular weight is 415 g/mol. The number of hydrogen-bond acceptors (Lipinski definition) is 5. The van der Waals surface area contributed by atoms with Gasteiger partial charge in [-0.2, -0.15) is 0 Å². The van der Waals surface area contributed by atoms with Crippen LogP contribution in [-0.2, 0) is 11.8 Å². The maximum absolute atomic E-state index is 12.5. The summed E-state index contributed by atoms with van der Waals surface area (Å²) in [5.74, 6) is 2.78. The number of nitrogens with one attached hydrogen (secondary N) is 1. The number of amides is 1. The molecule has 1 heterocycles. The molecule has 0 spiro atoms. The maximum Gasteiger partial charge on any atom is 0.234 e. The first kappa shape index (κ1) is 18.8. The van der Waals surface area contributed by atoms with Gasteiger partial charge in [0.15, 0.2) is 10.9 Å². The third-order valence-corrected chi connectivity index (χ3v) is 5.59. The fourth-order valence-corrected chi connectivity index (χ4v) is 3.66. The minimum atomic E-state index is -0.166. The van der Waals surface area contributed by atoms with Crippen molar-refractivity contribution in [3.05, 3.63) is 59.4 Å². The molecule has 1 aromatic heterocycles. The van der Waals surface area contributed by atoms with Crippen LogP contribution in [0, 0.1) is 0 Å². The smallest absolute Gasteiger partial charge is 0.234 e. The first-order valence-electron chi connectivity index (χ1n) is 8.94. The molecule has 1 fully saturated rings. The molecule has 0 aliphatic heterocycles. The fraction of sp³-hybridized carbons (Fsp3) is 0.250. The summed E-state index contributed by atoms with van der Waals surface area (Å²) in [6.45, 7) is 0. The molecular weight excluding hydrogens is 396 g/mol. The number of carbonyl (C=O) groups is 1. The van der Waals surface area contributed by atoms with Crippen molar-refractivity contribution in [2.75, 3.05) is 11.1 Å². The number of halogens is 1. The molecule has 4 rings (SSSR count). The summed E-state index contributed by atoms with van der Waals surface area (Å²) in [5.41, 5.74) is 0.526. The van der Waals surface area contributed by atoms with Gasteiger partial charge in [0.2, 0.25) is 5.91 Å². The largest absolute Gasteiger partial charge is 0.455 e. The van der Waals surface area contributed by atoms with E-state index < -0.39 is 0 Å². The molecule has 1 aliphatic carbocycles. The second-order valence-corrected chi connectivity index (χ2v) is 7.95. The number of benzene rings is 2. The van der Waals surface area contributed by atoms with Crippen LogP contribution in [0.4, 0.5) is 5.69 Å². The Morgan fingerprint density at radius 3 is 2.79 bits per heavy atom. The lowest BCUT2D eigenvalue weighted by molar-refractivity contribution is -0.113. The molecule has 0 unspecified atom stereocenters. The molecule has 0 saturated heterocycles. The van der Waals surface area contributed by atoms with Crippen molar-refractivity contribution in [1.29, 1.82) is 0 Å². The van der Waals surface area contributed by atoms with Crippen molar-refractivity contribution >= 4 is 35.0 Å². The quantitative estimate of drug-likeness (QED) is 0.558. The van der Waals surface area contributed by atoms with Gasteiger partial charge in [0.05, 0.1) is 11.4 Å². The Hall–Kier alpha value is -2.51. The van der Waals surface area contributed by atoms with Crippen LogP contribution in [0.3, 0.4) is 0 Å². The first-order chi connectivity index (χ1) is 13.6. The molecule has 6 nitrogen and oxygen atoms in total. The van der Waals surface area contributed by atoms with Crippen molar-refractivity contribution < 1.29 is 9.53 Å². The summed E-state index contributed by atoms with van der Waals surface area (Å²) >= 11 is 7.46. The minimum Gasteiger partial charge on any atom is -0.455 e. The van der Waals surface area contributed by atoms with Gasteiger partial charge in [-0.1, -0.05) is 41.6 Å². The number of rotatable bonds is 7. The summed E-state index contributed by atoms with van der Waals surface area (Å²) in [6.07, 6.45) is 2.33. The molecule has 1 N–H and O–H groups in total. The normalized spacial score (nSPS) is 13.4.